The number of benzene rings is 2. The average molecular weight is 474 g/mol. The minimum Gasteiger partial charge on any atom is -0.463 e. The molecule has 0 atom stereocenters. The van der Waals surface area contributed by atoms with E-state index in [0.717, 1.165) is 5.56 Å². The number of rotatable bonds is 8. The highest BCUT2D eigenvalue weighted by atomic mass is 32.2. The minimum atomic E-state index is -3.95. The van der Waals surface area contributed by atoms with E-state index in [-0.39, 0.29) is 34.9 Å². The molecule has 2 amide bonds. The van der Waals surface area contributed by atoms with Crippen LogP contribution in [0.2, 0.25) is 0 Å². The van der Waals surface area contributed by atoms with E-state index < -0.39 is 34.6 Å². The third kappa shape index (κ3) is 6.10. The first kappa shape index (κ1) is 23.8. The highest BCUT2D eigenvalue weighted by Gasteiger charge is 2.25. The molecule has 174 valence electrons. The van der Waals surface area contributed by atoms with Crippen LogP contribution in [0.1, 0.15) is 22.8 Å². The van der Waals surface area contributed by atoms with Crippen LogP contribution in [0, 0.1) is 6.92 Å². The number of anilines is 1. The second-order valence-electron chi connectivity index (χ2n) is 7.06. The summed E-state index contributed by atoms with van der Waals surface area (Å²) in [7, 11) is -3.95. The molecule has 0 radical (unpaired) electrons. The van der Waals surface area contributed by atoms with Crippen LogP contribution >= 0.6 is 0 Å². The van der Waals surface area contributed by atoms with Crippen molar-refractivity contribution in [2.75, 3.05) is 24.5 Å². The van der Waals surface area contributed by atoms with E-state index >= 15 is 0 Å². The lowest BCUT2D eigenvalue weighted by Gasteiger charge is -2.21. The molecule has 33 heavy (non-hydrogen) atoms. The molecule has 3 rings (SSSR count). The van der Waals surface area contributed by atoms with Gasteiger partial charge in [0.1, 0.15) is 6.61 Å². The normalized spacial score (nSPS) is 13.6. The van der Waals surface area contributed by atoms with Crippen molar-refractivity contribution in [1.82, 2.24) is 10.6 Å². The fourth-order valence-electron chi connectivity index (χ4n) is 3.00. The number of amides is 2. The number of hydrogen-bond donors (Lipinski definition) is 3. The Hall–Kier alpha value is -3.86. The number of esters is 2. The van der Waals surface area contributed by atoms with Crippen molar-refractivity contribution in [3.8, 4) is 0 Å². The summed E-state index contributed by atoms with van der Waals surface area (Å²) >= 11 is 0. The Morgan fingerprint density at radius 1 is 1.06 bits per heavy atom. The van der Waals surface area contributed by atoms with Crippen LogP contribution in [0.15, 0.2) is 64.7 Å². The van der Waals surface area contributed by atoms with Crippen LogP contribution in [0.25, 0.3) is 0 Å². The highest BCUT2D eigenvalue weighted by molar-refractivity contribution is 7.92. The maximum Gasteiger partial charge on any atom is 0.338 e. The molecule has 0 fully saturated rings. The van der Waals surface area contributed by atoms with Gasteiger partial charge in [-0.25, -0.2) is 22.8 Å². The zero-order chi connectivity index (χ0) is 24.0. The molecule has 0 aliphatic carbocycles. The molecule has 3 N–H and O–H groups in total. The van der Waals surface area contributed by atoms with Gasteiger partial charge in [0.05, 0.1) is 34.9 Å². The number of carbonyl (C=O) groups is 3. The SMILES string of the molecule is CCOC(=O)C1=C(COC(=O)c2cccc(S(=O)(=O)Nc3cccc(C)c3)c2)NC(=O)NC1. The quantitative estimate of drug-likeness (QED) is 0.499. The number of hydrogen-bond acceptors (Lipinski definition) is 7. The van der Waals surface area contributed by atoms with Crippen molar-refractivity contribution in [1.29, 1.82) is 0 Å². The Morgan fingerprint density at radius 2 is 1.82 bits per heavy atom. The van der Waals surface area contributed by atoms with Crippen LogP contribution in [0.5, 0.6) is 0 Å². The first-order valence-corrected chi connectivity index (χ1v) is 11.5. The lowest BCUT2D eigenvalue weighted by atomic mass is 10.1. The number of aryl methyl sites for hydroxylation is 1. The van der Waals surface area contributed by atoms with Crippen molar-refractivity contribution in [2.45, 2.75) is 18.7 Å². The molecule has 2 aromatic carbocycles. The first-order valence-electron chi connectivity index (χ1n) is 10.0. The fraction of sp³-hybridized carbons (Fsp3) is 0.227. The number of ether oxygens (including phenoxy) is 2. The Morgan fingerprint density at radius 3 is 2.55 bits per heavy atom. The molecule has 0 aromatic heterocycles. The highest BCUT2D eigenvalue weighted by Crippen LogP contribution is 2.19. The van der Waals surface area contributed by atoms with Gasteiger partial charge in [-0.3, -0.25) is 4.72 Å². The van der Waals surface area contributed by atoms with E-state index in [0.29, 0.717) is 5.69 Å². The number of carbonyl (C=O) groups excluding carboxylic acids is 3. The zero-order valence-electron chi connectivity index (χ0n) is 18.0. The summed E-state index contributed by atoms with van der Waals surface area (Å²) in [6.45, 7) is 3.14. The summed E-state index contributed by atoms with van der Waals surface area (Å²) < 4.78 is 38.1. The van der Waals surface area contributed by atoms with Gasteiger partial charge in [0.25, 0.3) is 10.0 Å². The van der Waals surface area contributed by atoms with E-state index in [1.165, 1.54) is 24.3 Å². The van der Waals surface area contributed by atoms with E-state index in [2.05, 4.69) is 15.4 Å². The van der Waals surface area contributed by atoms with Gasteiger partial charge in [-0.2, -0.15) is 0 Å². The first-order chi connectivity index (χ1) is 15.7. The Labute approximate surface area is 191 Å². The van der Waals surface area contributed by atoms with Crippen LogP contribution in [0.4, 0.5) is 10.5 Å². The number of urea groups is 1. The third-order valence-electron chi connectivity index (χ3n) is 4.57. The fourth-order valence-corrected chi connectivity index (χ4v) is 4.10. The lowest BCUT2D eigenvalue weighted by Crippen LogP contribution is -2.45. The van der Waals surface area contributed by atoms with E-state index in [4.69, 9.17) is 9.47 Å². The summed E-state index contributed by atoms with van der Waals surface area (Å²) in [6.07, 6.45) is 0. The molecule has 1 aliphatic rings. The molecule has 0 bridgehead atoms. The maximum absolute atomic E-state index is 12.7. The molecular formula is C22H23N3O7S. The van der Waals surface area contributed by atoms with Gasteiger partial charge < -0.3 is 20.1 Å². The lowest BCUT2D eigenvalue weighted by molar-refractivity contribution is -0.138. The summed E-state index contributed by atoms with van der Waals surface area (Å²) in [5.41, 5.74) is 1.48. The van der Waals surface area contributed by atoms with Gasteiger partial charge in [-0.1, -0.05) is 18.2 Å². The monoisotopic (exact) mass is 473 g/mol. The van der Waals surface area contributed by atoms with Crippen LogP contribution in [-0.4, -0.2) is 46.1 Å². The third-order valence-corrected chi connectivity index (χ3v) is 5.95. The minimum absolute atomic E-state index is 0.0133. The van der Waals surface area contributed by atoms with Crippen molar-refractivity contribution in [3.05, 3.63) is 70.9 Å². The zero-order valence-corrected chi connectivity index (χ0v) is 18.8. The maximum atomic E-state index is 12.7. The number of nitrogens with one attached hydrogen (secondary N) is 3. The summed E-state index contributed by atoms with van der Waals surface area (Å²) in [5, 5.41) is 4.87. The van der Waals surface area contributed by atoms with Gasteiger partial charge in [0.2, 0.25) is 0 Å². The smallest absolute Gasteiger partial charge is 0.338 e. The molecule has 0 saturated heterocycles. The average Bonchev–Trinajstić information content (AvgIpc) is 2.77. The van der Waals surface area contributed by atoms with Crippen molar-refractivity contribution < 1.29 is 32.3 Å². The largest absolute Gasteiger partial charge is 0.463 e. The van der Waals surface area contributed by atoms with E-state index in [9.17, 15) is 22.8 Å². The Kier molecular flexibility index (Phi) is 7.34. The van der Waals surface area contributed by atoms with Crippen molar-refractivity contribution in [2.24, 2.45) is 0 Å². The molecule has 11 heteroatoms. The summed E-state index contributed by atoms with van der Waals surface area (Å²) in [5.74, 6) is -1.47. The summed E-state index contributed by atoms with van der Waals surface area (Å²) in [4.78, 5) is 36.1. The predicted molar refractivity (Wildman–Crippen MR) is 119 cm³/mol. The second-order valence-corrected chi connectivity index (χ2v) is 8.75. The molecule has 1 heterocycles. The van der Waals surface area contributed by atoms with Gasteiger partial charge in [0, 0.05) is 5.69 Å². The van der Waals surface area contributed by atoms with Crippen LogP contribution in [-0.2, 0) is 24.3 Å². The van der Waals surface area contributed by atoms with Crippen molar-refractivity contribution in [3.63, 3.8) is 0 Å². The Balaban J connectivity index is 1.75. The molecule has 10 nitrogen and oxygen atoms in total. The van der Waals surface area contributed by atoms with Gasteiger partial charge in [0.15, 0.2) is 0 Å². The molecular weight excluding hydrogens is 450 g/mol. The van der Waals surface area contributed by atoms with Gasteiger partial charge >= 0.3 is 18.0 Å². The molecule has 0 unspecified atom stereocenters. The molecule has 0 saturated carbocycles. The van der Waals surface area contributed by atoms with Gasteiger partial charge in [-0.05, 0) is 49.7 Å². The molecule has 1 aliphatic heterocycles. The topological polar surface area (TPSA) is 140 Å². The molecule has 2 aromatic rings. The van der Waals surface area contributed by atoms with Crippen LogP contribution in [0.3, 0.4) is 0 Å². The van der Waals surface area contributed by atoms with Crippen molar-refractivity contribution >= 4 is 33.7 Å². The standard InChI is InChI=1S/C22H23N3O7S/c1-3-31-21(27)18-12-23-22(28)24-19(18)13-32-20(26)15-7-5-9-17(11-15)33(29,30)25-16-8-4-6-14(2)10-16/h4-11,25H,3,12-13H2,1-2H3,(H2,23,24,28). The van der Waals surface area contributed by atoms with E-state index in [1.54, 1.807) is 25.1 Å². The van der Waals surface area contributed by atoms with Gasteiger partial charge in [-0.15, -0.1) is 0 Å². The van der Waals surface area contributed by atoms with Crippen LogP contribution < -0.4 is 15.4 Å². The Bertz CT molecular complexity index is 1220. The predicted octanol–water partition coefficient (Wildman–Crippen LogP) is 2.08. The number of sulfonamides is 1. The van der Waals surface area contributed by atoms with E-state index in [1.807, 2.05) is 13.0 Å². The second kappa shape index (κ2) is 10.2. The molecule has 0 spiro atoms. The summed E-state index contributed by atoms with van der Waals surface area (Å²) in [6, 6.07) is 11.6.